The Kier molecular flexibility index (Phi) is 5.99. The Labute approximate surface area is 165 Å². The van der Waals surface area contributed by atoms with Gasteiger partial charge >= 0.3 is 0 Å². The molecule has 0 spiro atoms. The van der Waals surface area contributed by atoms with Gasteiger partial charge in [-0.2, -0.15) is 0 Å². The van der Waals surface area contributed by atoms with Gasteiger partial charge in [0.1, 0.15) is 17.3 Å². The molecule has 1 heterocycles. The first-order chi connectivity index (χ1) is 13.6. The molecule has 0 unspecified atom stereocenters. The summed E-state index contributed by atoms with van der Waals surface area (Å²) in [4.78, 5) is 18.9. The molecule has 0 aliphatic rings. The van der Waals surface area contributed by atoms with Crippen LogP contribution in [-0.4, -0.2) is 41.6 Å². The number of carbonyl (C=O) groups is 1. The third-order valence-electron chi connectivity index (χ3n) is 4.65. The number of benzene rings is 2. The predicted octanol–water partition coefficient (Wildman–Crippen LogP) is 3.75. The number of rotatable bonds is 7. The van der Waals surface area contributed by atoms with Gasteiger partial charge in [0.15, 0.2) is 0 Å². The molecule has 0 radical (unpaired) electrons. The number of hydrogen-bond acceptors (Lipinski definition) is 4. The summed E-state index contributed by atoms with van der Waals surface area (Å²) < 4.78 is 12.7. The van der Waals surface area contributed by atoms with Gasteiger partial charge in [-0.15, -0.1) is 0 Å². The van der Waals surface area contributed by atoms with Crippen LogP contribution in [0.1, 0.15) is 18.3 Å². The molecule has 1 aromatic heterocycles. The van der Waals surface area contributed by atoms with Crippen molar-refractivity contribution in [1.82, 2.24) is 14.5 Å². The van der Waals surface area contributed by atoms with Crippen LogP contribution < -0.4 is 9.47 Å². The number of amides is 1. The maximum absolute atomic E-state index is 12.6. The number of aryl methyl sites for hydroxylation is 1. The van der Waals surface area contributed by atoms with E-state index in [1.165, 1.54) is 0 Å². The van der Waals surface area contributed by atoms with E-state index in [9.17, 15) is 4.79 Å². The Balaban J connectivity index is 1.76. The van der Waals surface area contributed by atoms with Crippen molar-refractivity contribution in [3.05, 3.63) is 59.9 Å². The van der Waals surface area contributed by atoms with Gasteiger partial charge in [0.05, 0.1) is 31.8 Å². The number of fused-ring (bicyclic) bond motifs is 1. The Morgan fingerprint density at radius 1 is 1.18 bits per heavy atom. The van der Waals surface area contributed by atoms with E-state index in [1.54, 1.807) is 44.4 Å². The van der Waals surface area contributed by atoms with Gasteiger partial charge in [0, 0.05) is 31.3 Å². The highest BCUT2D eigenvalue weighted by Gasteiger charge is 2.13. The first-order valence-electron chi connectivity index (χ1n) is 9.16. The minimum absolute atomic E-state index is 0.104. The molecule has 0 aliphatic carbocycles. The molecule has 146 valence electrons. The maximum atomic E-state index is 12.6. The van der Waals surface area contributed by atoms with Crippen LogP contribution in [0.2, 0.25) is 0 Å². The van der Waals surface area contributed by atoms with Crippen molar-refractivity contribution in [2.24, 2.45) is 0 Å². The highest BCUT2D eigenvalue weighted by atomic mass is 16.5. The van der Waals surface area contributed by atoms with Crippen LogP contribution in [0, 0.1) is 0 Å². The fourth-order valence-corrected chi connectivity index (χ4v) is 3.13. The van der Waals surface area contributed by atoms with Gasteiger partial charge in [-0.25, -0.2) is 4.98 Å². The lowest BCUT2D eigenvalue weighted by Gasteiger charge is -2.16. The molecule has 3 rings (SSSR count). The summed E-state index contributed by atoms with van der Waals surface area (Å²) in [5, 5.41) is 0. The molecule has 0 bridgehead atoms. The van der Waals surface area contributed by atoms with Crippen LogP contribution >= 0.6 is 0 Å². The minimum Gasteiger partial charge on any atom is -0.497 e. The number of imidazole rings is 1. The van der Waals surface area contributed by atoms with Crippen LogP contribution in [0.25, 0.3) is 17.1 Å². The third-order valence-corrected chi connectivity index (χ3v) is 4.65. The van der Waals surface area contributed by atoms with Crippen LogP contribution in [0.3, 0.4) is 0 Å². The molecule has 28 heavy (non-hydrogen) atoms. The number of hydrogen-bond donors (Lipinski definition) is 0. The van der Waals surface area contributed by atoms with Crippen molar-refractivity contribution >= 4 is 23.0 Å². The van der Waals surface area contributed by atoms with Gasteiger partial charge in [-0.3, -0.25) is 4.79 Å². The van der Waals surface area contributed by atoms with Gasteiger partial charge in [-0.1, -0.05) is 12.1 Å². The maximum Gasteiger partial charge on any atom is 0.246 e. The lowest BCUT2D eigenvalue weighted by atomic mass is 10.1. The van der Waals surface area contributed by atoms with Gasteiger partial charge in [0.2, 0.25) is 5.91 Å². The van der Waals surface area contributed by atoms with Gasteiger partial charge in [-0.05, 0) is 37.3 Å². The molecule has 6 heteroatoms. The summed E-state index contributed by atoms with van der Waals surface area (Å²) in [5.41, 5.74) is 2.84. The topological polar surface area (TPSA) is 56.6 Å². The Hall–Kier alpha value is -3.28. The second kappa shape index (κ2) is 8.61. The highest BCUT2D eigenvalue weighted by molar-refractivity contribution is 5.92. The van der Waals surface area contributed by atoms with E-state index >= 15 is 0 Å². The van der Waals surface area contributed by atoms with Crippen LogP contribution in [0.15, 0.2) is 48.5 Å². The highest BCUT2D eigenvalue weighted by Crippen LogP contribution is 2.25. The molecule has 2 aromatic carbocycles. The van der Waals surface area contributed by atoms with E-state index in [4.69, 9.17) is 9.47 Å². The third kappa shape index (κ3) is 4.01. The van der Waals surface area contributed by atoms with Crippen molar-refractivity contribution in [1.29, 1.82) is 0 Å². The van der Waals surface area contributed by atoms with Crippen molar-refractivity contribution < 1.29 is 14.3 Å². The zero-order valence-corrected chi connectivity index (χ0v) is 16.7. The van der Waals surface area contributed by atoms with E-state index in [1.807, 2.05) is 36.4 Å². The largest absolute Gasteiger partial charge is 0.497 e. The van der Waals surface area contributed by atoms with E-state index in [0.717, 1.165) is 29.0 Å². The van der Waals surface area contributed by atoms with Crippen molar-refractivity contribution in [3.8, 4) is 11.5 Å². The molecular weight excluding hydrogens is 354 g/mol. The molecular formula is C22H25N3O3. The van der Waals surface area contributed by atoms with E-state index in [0.29, 0.717) is 18.0 Å². The minimum atomic E-state index is -0.104. The number of para-hydroxylation sites is 2. The zero-order chi connectivity index (χ0) is 20.1. The average Bonchev–Trinajstić information content (AvgIpc) is 3.08. The SMILES string of the molecule is CCn1c(CN(C)C(=O)/C=C/c2ccc(OC)cc2OC)nc2ccccc21. The van der Waals surface area contributed by atoms with Crippen LogP contribution in [0.4, 0.5) is 0 Å². The summed E-state index contributed by atoms with van der Waals surface area (Å²) in [6, 6.07) is 13.5. The van der Waals surface area contributed by atoms with Crippen LogP contribution in [0.5, 0.6) is 11.5 Å². The fraction of sp³-hybridized carbons (Fsp3) is 0.273. The number of aromatic nitrogens is 2. The number of ether oxygens (including phenoxy) is 2. The molecule has 0 saturated heterocycles. The number of nitrogens with zero attached hydrogens (tertiary/aromatic N) is 3. The summed E-state index contributed by atoms with van der Waals surface area (Å²) in [5.74, 6) is 2.12. The first-order valence-corrected chi connectivity index (χ1v) is 9.16. The Morgan fingerprint density at radius 3 is 2.68 bits per heavy atom. The fourth-order valence-electron chi connectivity index (χ4n) is 3.13. The predicted molar refractivity (Wildman–Crippen MR) is 110 cm³/mol. The molecule has 0 fully saturated rings. The van der Waals surface area contributed by atoms with E-state index in [-0.39, 0.29) is 5.91 Å². The van der Waals surface area contributed by atoms with E-state index < -0.39 is 0 Å². The second-order valence-electron chi connectivity index (χ2n) is 6.40. The lowest BCUT2D eigenvalue weighted by molar-refractivity contribution is -0.125. The molecule has 0 N–H and O–H groups in total. The summed E-state index contributed by atoms with van der Waals surface area (Å²) in [7, 11) is 4.97. The monoisotopic (exact) mass is 379 g/mol. The van der Waals surface area contributed by atoms with Crippen molar-refractivity contribution in [2.45, 2.75) is 20.0 Å². The standard InChI is InChI=1S/C22H25N3O3/c1-5-25-19-9-7-6-8-18(19)23-21(25)15-24(2)22(26)13-11-16-10-12-17(27-3)14-20(16)28-4/h6-14H,5,15H2,1-4H3/b13-11+. The summed E-state index contributed by atoms with van der Waals surface area (Å²) in [6.45, 7) is 3.32. The van der Waals surface area contributed by atoms with Gasteiger partial charge in [0.25, 0.3) is 0 Å². The van der Waals surface area contributed by atoms with Crippen molar-refractivity contribution in [3.63, 3.8) is 0 Å². The zero-order valence-electron chi connectivity index (χ0n) is 16.7. The molecule has 1 amide bonds. The van der Waals surface area contributed by atoms with Gasteiger partial charge < -0.3 is 18.9 Å². The summed E-state index contributed by atoms with van der Waals surface area (Å²) in [6.07, 6.45) is 3.29. The Bertz CT molecular complexity index is 1010. The first kappa shape index (κ1) is 19.5. The molecule has 0 saturated carbocycles. The lowest BCUT2D eigenvalue weighted by Crippen LogP contribution is -2.26. The van der Waals surface area contributed by atoms with E-state index in [2.05, 4.69) is 16.5 Å². The molecule has 0 aliphatic heterocycles. The smallest absolute Gasteiger partial charge is 0.246 e. The summed E-state index contributed by atoms with van der Waals surface area (Å²) >= 11 is 0. The van der Waals surface area contributed by atoms with Crippen LogP contribution in [-0.2, 0) is 17.9 Å². The second-order valence-corrected chi connectivity index (χ2v) is 6.40. The molecule has 3 aromatic rings. The molecule has 6 nitrogen and oxygen atoms in total. The number of carbonyl (C=O) groups excluding carboxylic acids is 1. The number of likely N-dealkylation sites (N-methyl/N-ethyl adjacent to an activating group) is 1. The molecule has 0 atom stereocenters. The number of methoxy groups -OCH3 is 2. The average molecular weight is 379 g/mol. The Morgan fingerprint density at radius 2 is 1.96 bits per heavy atom. The van der Waals surface area contributed by atoms with Crippen molar-refractivity contribution in [2.75, 3.05) is 21.3 Å². The quantitative estimate of drug-likeness (QED) is 0.587. The normalized spacial score (nSPS) is 11.1.